The van der Waals surface area contributed by atoms with Gasteiger partial charge in [0.15, 0.2) is 17.3 Å². The maximum atomic E-state index is 12.3. The number of nitrogens with one attached hydrogen (secondary N) is 2. The van der Waals surface area contributed by atoms with Crippen LogP contribution < -0.4 is 20.3 Å². The SMILES string of the molecule is CCOc1ccc(C(=O)NNC(=O)CCC(=O)c2cc(C)ccc2C)cc1OC. The zero-order valence-electron chi connectivity index (χ0n) is 17.1. The Morgan fingerprint density at radius 2 is 1.69 bits per heavy atom. The Balaban J connectivity index is 1.88. The van der Waals surface area contributed by atoms with Crippen LogP contribution >= 0.6 is 0 Å². The van der Waals surface area contributed by atoms with E-state index in [0.717, 1.165) is 11.1 Å². The molecule has 0 heterocycles. The fraction of sp³-hybridized carbons (Fsp3) is 0.318. The number of hydrazine groups is 1. The topological polar surface area (TPSA) is 93.7 Å². The van der Waals surface area contributed by atoms with Gasteiger partial charge < -0.3 is 9.47 Å². The van der Waals surface area contributed by atoms with Crippen molar-refractivity contribution in [3.63, 3.8) is 0 Å². The van der Waals surface area contributed by atoms with Gasteiger partial charge in [0.1, 0.15) is 0 Å². The van der Waals surface area contributed by atoms with Crippen LogP contribution in [0.4, 0.5) is 0 Å². The molecule has 2 aromatic rings. The number of hydrogen-bond donors (Lipinski definition) is 2. The molecule has 0 atom stereocenters. The molecule has 2 rings (SSSR count). The average Bonchev–Trinajstić information content (AvgIpc) is 2.72. The summed E-state index contributed by atoms with van der Waals surface area (Å²) in [6.45, 7) is 6.09. The van der Waals surface area contributed by atoms with Gasteiger partial charge in [-0.3, -0.25) is 25.2 Å². The summed E-state index contributed by atoms with van der Waals surface area (Å²) in [4.78, 5) is 36.6. The number of methoxy groups -OCH3 is 1. The monoisotopic (exact) mass is 398 g/mol. The largest absolute Gasteiger partial charge is 0.493 e. The minimum atomic E-state index is -0.499. The predicted molar refractivity (Wildman–Crippen MR) is 109 cm³/mol. The van der Waals surface area contributed by atoms with Crippen molar-refractivity contribution in [3.05, 3.63) is 58.7 Å². The van der Waals surface area contributed by atoms with E-state index in [1.165, 1.54) is 13.2 Å². The van der Waals surface area contributed by atoms with Crippen molar-refractivity contribution in [2.24, 2.45) is 0 Å². The van der Waals surface area contributed by atoms with E-state index in [4.69, 9.17) is 9.47 Å². The summed E-state index contributed by atoms with van der Waals surface area (Å²) < 4.78 is 10.6. The Bertz CT molecular complexity index is 908. The van der Waals surface area contributed by atoms with Crippen LogP contribution in [-0.4, -0.2) is 31.3 Å². The van der Waals surface area contributed by atoms with E-state index < -0.39 is 11.8 Å². The number of benzene rings is 2. The molecule has 0 unspecified atom stereocenters. The zero-order valence-corrected chi connectivity index (χ0v) is 17.1. The molecule has 0 bridgehead atoms. The summed E-state index contributed by atoms with van der Waals surface area (Å²) in [5, 5.41) is 0. The molecular weight excluding hydrogens is 372 g/mol. The van der Waals surface area contributed by atoms with Crippen LogP contribution in [0.25, 0.3) is 0 Å². The lowest BCUT2D eigenvalue weighted by molar-refractivity contribution is -0.121. The first-order valence-corrected chi connectivity index (χ1v) is 9.36. The first kappa shape index (κ1) is 21.9. The van der Waals surface area contributed by atoms with Gasteiger partial charge in [-0.2, -0.15) is 0 Å². The van der Waals surface area contributed by atoms with Crippen molar-refractivity contribution in [2.75, 3.05) is 13.7 Å². The van der Waals surface area contributed by atoms with Gasteiger partial charge in [0.25, 0.3) is 5.91 Å². The fourth-order valence-electron chi connectivity index (χ4n) is 2.74. The third-order valence-corrected chi connectivity index (χ3v) is 4.31. The number of carbonyl (C=O) groups excluding carboxylic acids is 3. The maximum absolute atomic E-state index is 12.3. The smallest absolute Gasteiger partial charge is 0.269 e. The zero-order chi connectivity index (χ0) is 21.4. The second kappa shape index (κ2) is 10.3. The Labute approximate surface area is 170 Å². The molecular formula is C22H26N2O5. The molecule has 2 amide bonds. The van der Waals surface area contributed by atoms with E-state index in [9.17, 15) is 14.4 Å². The molecule has 154 valence electrons. The highest BCUT2D eigenvalue weighted by Gasteiger charge is 2.14. The lowest BCUT2D eigenvalue weighted by Gasteiger charge is -2.12. The molecule has 0 aliphatic heterocycles. The summed E-state index contributed by atoms with van der Waals surface area (Å²) in [5.74, 6) is -0.107. The molecule has 0 fully saturated rings. The summed E-state index contributed by atoms with van der Waals surface area (Å²) in [6.07, 6.45) is 0.0297. The summed E-state index contributed by atoms with van der Waals surface area (Å²) in [5.41, 5.74) is 7.45. The number of amides is 2. The minimum Gasteiger partial charge on any atom is -0.493 e. The van der Waals surface area contributed by atoms with Gasteiger partial charge in [0, 0.05) is 24.0 Å². The van der Waals surface area contributed by atoms with Gasteiger partial charge in [-0.05, 0) is 50.6 Å². The first-order chi connectivity index (χ1) is 13.8. The lowest BCUT2D eigenvalue weighted by atomic mass is 9.99. The van der Waals surface area contributed by atoms with Crippen LogP contribution in [-0.2, 0) is 4.79 Å². The Morgan fingerprint density at radius 3 is 2.38 bits per heavy atom. The lowest BCUT2D eigenvalue weighted by Crippen LogP contribution is -2.41. The molecule has 2 N–H and O–H groups in total. The molecule has 0 aromatic heterocycles. The molecule has 2 aromatic carbocycles. The van der Waals surface area contributed by atoms with Gasteiger partial charge in [0.05, 0.1) is 13.7 Å². The third kappa shape index (κ3) is 6.07. The standard InChI is InChI=1S/C22H26N2O5/c1-5-29-19-10-8-16(13-20(19)28-4)22(27)24-23-21(26)11-9-18(25)17-12-14(2)6-7-15(17)3/h6-8,10,12-13H,5,9,11H2,1-4H3,(H,23,26)(H,24,27). The highest BCUT2D eigenvalue weighted by molar-refractivity contribution is 6.00. The van der Waals surface area contributed by atoms with Crippen molar-refractivity contribution in [2.45, 2.75) is 33.6 Å². The van der Waals surface area contributed by atoms with Crippen LogP contribution in [0.5, 0.6) is 11.5 Å². The molecule has 0 spiro atoms. The molecule has 7 nitrogen and oxygen atoms in total. The molecule has 0 saturated heterocycles. The summed E-state index contributed by atoms with van der Waals surface area (Å²) >= 11 is 0. The van der Waals surface area contributed by atoms with Crippen LogP contribution in [0.3, 0.4) is 0 Å². The van der Waals surface area contributed by atoms with E-state index in [-0.39, 0.29) is 18.6 Å². The second-order valence-corrected chi connectivity index (χ2v) is 6.54. The van der Waals surface area contributed by atoms with E-state index in [1.807, 2.05) is 39.0 Å². The number of ketones is 1. The maximum Gasteiger partial charge on any atom is 0.269 e. The minimum absolute atomic E-state index is 0.0287. The molecule has 29 heavy (non-hydrogen) atoms. The first-order valence-electron chi connectivity index (χ1n) is 9.36. The second-order valence-electron chi connectivity index (χ2n) is 6.54. The number of carbonyl (C=O) groups is 3. The number of hydrogen-bond acceptors (Lipinski definition) is 5. The highest BCUT2D eigenvalue weighted by atomic mass is 16.5. The van der Waals surface area contributed by atoms with E-state index in [2.05, 4.69) is 10.9 Å². The molecule has 0 aliphatic rings. The molecule has 0 saturated carbocycles. The van der Waals surface area contributed by atoms with Gasteiger partial charge in [-0.15, -0.1) is 0 Å². The van der Waals surface area contributed by atoms with Crippen LogP contribution in [0, 0.1) is 13.8 Å². The number of Topliss-reactive ketones (excluding diaryl/α,β-unsaturated/α-hetero) is 1. The summed E-state index contributed by atoms with van der Waals surface area (Å²) in [6, 6.07) is 10.4. The van der Waals surface area contributed by atoms with Crippen molar-refractivity contribution in [3.8, 4) is 11.5 Å². The summed E-state index contributed by atoms with van der Waals surface area (Å²) in [7, 11) is 1.48. The number of aryl methyl sites for hydroxylation is 2. The number of ether oxygens (including phenoxy) is 2. The van der Waals surface area contributed by atoms with Crippen molar-refractivity contribution >= 4 is 17.6 Å². The third-order valence-electron chi connectivity index (χ3n) is 4.31. The van der Waals surface area contributed by atoms with Crippen molar-refractivity contribution in [1.82, 2.24) is 10.9 Å². The Morgan fingerprint density at radius 1 is 0.931 bits per heavy atom. The molecule has 0 aliphatic carbocycles. The van der Waals surface area contributed by atoms with Gasteiger partial charge in [-0.25, -0.2) is 0 Å². The Hall–Kier alpha value is -3.35. The fourth-order valence-corrected chi connectivity index (χ4v) is 2.74. The van der Waals surface area contributed by atoms with E-state index >= 15 is 0 Å². The quantitative estimate of drug-likeness (QED) is 0.526. The van der Waals surface area contributed by atoms with Crippen molar-refractivity contribution in [1.29, 1.82) is 0 Å². The normalized spacial score (nSPS) is 10.2. The van der Waals surface area contributed by atoms with E-state index in [0.29, 0.717) is 29.2 Å². The molecule has 0 radical (unpaired) electrons. The van der Waals surface area contributed by atoms with Gasteiger partial charge >= 0.3 is 0 Å². The Kier molecular flexibility index (Phi) is 7.77. The van der Waals surface area contributed by atoms with Crippen molar-refractivity contribution < 1.29 is 23.9 Å². The highest BCUT2D eigenvalue weighted by Crippen LogP contribution is 2.27. The van der Waals surface area contributed by atoms with Crippen LogP contribution in [0.1, 0.15) is 51.6 Å². The average molecular weight is 398 g/mol. The van der Waals surface area contributed by atoms with Gasteiger partial charge in [-0.1, -0.05) is 17.7 Å². The van der Waals surface area contributed by atoms with E-state index in [1.54, 1.807) is 12.1 Å². The number of rotatable bonds is 8. The van der Waals surface area contributed by atoms with Gasteiger partial charge in [0.2, 0.25) is 5.91 Å². The van der Waals surface area contributed by atoms with Crippen LogP contribution in [0.15, 0.2) is 36.4 Å². The molecule has 7 heteroatoms. The predicted octanol–water partition coefficient (Wildman–Crippen LogP) is 3.13. The van der Waals surface area contributed by atoms with Crippen LogP contribution in [0.2, 0.25) is 0 Å².